The lowest BCUT2D eigenvalue weighted by molar-refractivity contribution is 0.587. The highest BCUT2D eigenvalue weighted by Crippen LogP contribution is 2.14. The molecule has 2 aromatic carbocycles. The highest BCUT2D eigenvalue weighted by molar-refractivity contribution is 14.0. The molecule has 0 heterocycles. The maximum atomic E-state index is 11.6. The van der Waals surface area contributed by atoms with E-state index in [1.165, 1.54) is 7.05 Å². The summed E-state index contributed by atoms with van der Waals surface area (Å²) >= 11 is 6.19. The Labute approximate surface area is 195 Å². The van der Waals surface area contributed by atoms with Crippen molar-refractivity contribution < 1.29 is 8.42 Å². The Morgan fingerprint density at radius 1 is 1.03 bits per heavy atom. The summed E-state index contributed by atoms with van der Waals surface area (Å²) in [5.74, 6) is 0.704. The van der Waals surface area contributed by atoms with Crippen LogP contribution in [-0.4, -0.2) is 34.5 Å². The zero-order valence-corrected chi connectivity index (χ0v) is 20.5. The van der Waals surface area contributed by atoms with Crippen molar-refractivity contribution in [1.82, 2.24) is 15.4 Å². The zero-order chi connectivity index (χ0) is 20.4. The Bertz CT molecular complexity index is 890. The molecule has 160 valence electrons. The van der Waals surface area contributed by atoms with E-state index >= 15 is 0 Å². The van der Waals surface area contributed by atoms with Crippen molar-refractivity contribution in [3.8, 4) is 0 Å². The number of nitrogens with one attached hydrogen (secondary N) is 3. The number of nitrogens with zero attached hydrogens (tertiary/aromatic N) is 1. The Kier molecular flexibility index (Phi) is 11.6. The molecule has 3 N–H and O–H groups in total. The second kappa shape index (κ2) is 13.0. The monoisotopic (exact) mass is 550 g/mol. The maximum Gasteiger partial charge on any atom is 0.215 e. The van der Waals surface area contributed by atoms with Crippen molar-refractivity contribution >= 4 is 51.6 Å². The maximum absolute atomic E-state index is 11.6. The number of aliphatic imine (C=N–C) groups is 1. The molecule has 0 unspecified atom stereocenters. The van der Waals surface area contributed by atoms with Gasteiger partial charge in [0, 0.05) is 18.1 Å². The molecule has 0 bridgehead atoms. The van der Waals surface area contributed by atoms with Crippen LogP contribution < -0.4 is 15.4 Å². The van der Waals surface area contributed by atoms with Gasteiger partial charge in [0.15, 0.2) is 5.96 Å². The highest BCUT2D eigenvalue weighted by atomic mass is 127. The van der Waals surface area contributed by atoms with Gasteiger partial charge in [0.25, 0.3) is 0 Å². The Morgan fingerprint density at radius 3 is 2.31 bits per heavy atom. The first kappa shape index (κ1) is 25.7. The Hall–Kier alpha value is -1.36. The summed E-state index contributed by atoms with van der Waals surface area (Å²) < 4.78 is 25.5. The molecule has 9 heteroatoms. The summed E-state index contributed by atoms with van der Waals surface area (Å²) in [6.45, 7) is 4.00. The summed E-state index contributed by atoms with van der Waals surface area (Å²) in [6, 6.07) is 15.2. The van der Waals surface area contributed by atoms with E-state index in [9.17, 15) is 8.42 Å². The van der Waals surface area contributed by atoms with Gasteiger partial charge in [-0.05, 0) is 43.1 Å². The van der Waals surface area contributed by atoms with E-state index in [0.29, 0.717) is 6.54 Å². The summed E-state index contributed by atoms with van der Waals surface area (Å²) in [4.78, 5) is 4.59. The summed E-state index contributed by atoms with van der Waals surface area (Å²) in [7, 11) is -1.85. The lowest BCUT2D eigenvalue weighted by atomic mass is 10.1. The van der Waals surface area contributed by atoms with Crippen molar-refractivity contribution in [3.05, 3.63) is 70.2 Å². The average molecular weight is 551 g/mol. The summed E-state index contributed by atoms with van der Waals surface area (Å²) in [5, 5.41) is 7.30. The minimum Gasteiger partial charge on any atom is -0.357 e. The van der Waals surface area contributed by atoms with Gasteiger partial charge in [-0.15, -0.1) is 24.0 Å². The van der Waals surface area contributed by atoms with Crippen molar-refractivity contribution in [2.75, 3.05) is 20.1 Å². The molecule has 29 heavy (non-hydrogen) atoms. The third-order valence-corrected chi connectivity index (χ3v) is 5.80. The van der Waals surface area contributed by atoms with Gasteiger partial charge in [-0.1, -0.05) is 54.1 Å². The van der Waals surface area contributed by atoms with E-state index in [-0.39, 0.29) is 29.7 Å². The molecule has 0 aliphatic heterocycles. The van der Waals surface area contributed by atoms with Crippen molar-refractivity contribution in [3.63, 3.8) is 0 Å². The Morgan fingerprint density at radius 2 is 1.69 bits per heavy atom. The van der Waals surface area contributed by atoms with Crippen molar-refractivity contribution in [2.24, 2.45) is 4.99 Å². The molecule has 6 nitrogen and oxygen atoms in total. The van der Waals surface area contributed by atoms with Crippen molar-refractivity contribution in [2.45, 2.75) is 25.6 Å². The molecule has 0 radical (unpaired) electrons. The van der Waals surface area contributed by atoms with Crippen LogP contribution in [0, 0.1) is 0 Å². The average Bonchev–Trinajstić information content (AvgIpc) is 2.68. The normalized spacial score (nSPS) is 11.6. The van der Waals surface area contributed by atoms with Gasteiger partial charge in [-0.3, -0.25) is 0 Å². The predicted molar refractivity (Wildman–Crippen MR) is 132 cm³/mol. The molecule has 0 saturated carbocycles. The number of benzene rings is 2. The summed E-state index contributed by atoms with van der Waals surface area (Å²) in [6.07, 6.45) is 0.804. The molecule has 0 atom stereocenters. The fraction of sp³-hybridized carbons (Fsp3) is 0.350. The van der Waals surface area contributed by atoms with Gasteiger partial charge < -0.3 is 10.6 Å². The molecule has 0 saturated heterocycles. The number of halogens is 2. The molecular formula is C20H28ClIN4O2S. The second-order valence-corrected chi connectivity index (χ2v) is 8.58. The van der Waals surface area contributed by atoms with E-state index in [1.54, 1.807) is 0 Å². The molecule has 0 aliphatic rings. The van der Waals surface area contributed by atoms with Gasteiger partial charge in [-0.25, -0.2) is 18.1 Å². The SMILES string of the molecule is CCNC(=NCc1ccc(CS(=O)(=O)NC)cc1)NCCc1ccccc1Cl.I. The first-order chi connectivity index (χ1) is 13.4. The van der Waals surface area contributed by atoms with Crippen LogP contribution in [0.3, 0.4) is 0 Å². The van der Waals surface area contributed by atoms with E-state index < -0.39 is 10.0 Å². The van der Waals surface area contributed by atoms with Crippen LogP contribution >= 0.6 is 35.6 Å². The van der Waals surface area contributed by atoms with E-state index in [4.69, 9.17) is 11.6 Å². The fourth-order valence-corrected chi connectivity index (χ4v) is 3.57. The lowest BCUT2D eigenvalue weighted by Crippen LogP contribution is -2.38. The van der Waals surface area contributed by atoms with Gasteiger partial charge in [0.2, 0.25) is 10.0 Å². The second-order valence-electron chi connectivity index (χ2n) is 6.24. The van der Waals surface area contributed by atoms with Gasteiger partial charge in [0.1, 0.15) is 0 Å². The minimum atomic E-state index is -3.26. The van der Waals surface area contributed by atoms with Crippen molar-refractivity contribution in [1.29, 1.82) is 0 Å². The van der Waals surface area contributed by atoms with Crippen LogP contribution in [0.25, 0.3) is 0 Å². The molecule has 0 spiro atoms. The van der Waals surface area contributed by atoms with E-state index in [1.807, 2.05) is 55.5 Å². The van der Waals surface area contributed by atoms with Crippen LogP contribution in [0.5, 0.6) is 0 Å². The van der Waals surface area contributed by atoms with Gasteiger partial charge >= 0.3 is 0 Å². The van der Waals surface area contributed by atoms with Gasteiger partial charge in [0.05, 0.1) is 12.3 Å². The highest BCUT2D eigenvalue weighted by Gasteiger charge is 2.08. The molecule has 0 aliphatic carbocycles. The Balaban J connectivity index is 0.00000420. The van der Waals surface area contributed by atoms with E-state index in [0.717, 1.165) is 47.2 Å². The van der Waals surface area contributed by atoms with Gasteiger partial charge in [-0.2, -0.15) is 0 Å². The number of hydrogen-bond acceptors (Lipinski definition) is 3. The molecule has 0 fully saturated rings. The quantitative estimate of drug-likeness (QED) is 0.254. The third-order valence-electron chi connectivity index (χ3n) is 4.10. The number of guanidine groups is 1. The largest absolute Gasteiger partial charge is 0.357 e. The van der Waals surface area contributed by atoms with Crippen LogP contribution in [0.4, 0.5) is 0 Å². The molecular weight excluding hydrogens is 523 g/mol. The predicted octanol–water partition coefficient (Wildman–Crippen LogP) is 3.31. The van der Waals surface area contributed by atoms with E-state index in [2.05, 4.69) is 20.3 Å². The zero-order valence-electron chi connectivity index (χ0n) is 16.6. The molecule has 2 aromatic rings. The molecule has 2 rings (SSSR count). The summed E-state index contributed by atoms with van der Waals surface area (Å²) in [5.41, 5.74) is 2.85. The molecule has 0 aromatic heterocycles. The van der Waals surface area contributed by atoms with Crippen LogP contribution in [0.2, 0.25) is 5.02 Å². The third kappa shape index (κ3) is 9.33. The topological polar surface area (TPSA) is 82.6 Å². The lowest BCUT2D eigenvalue weighted by Gasteiger charge is -2.12. The fourth-order valence-electron chi connectivity index (χ4n) is 2.56. The van der Waals surface area contributed by atoms with Crippen LogP contribution in [0.1, 0.15) is 23.6 Å². The number of rotatable bonds is 9. The smallest absolute Gasteiger partial charge is 0.215 e. The molecule has 0 amide bonds. The standard InChI is InChI=1S/C20H27ClN4O2S.HI/c1-3-23-20(24-13-12-18-6-4-5-7-19(18)21)25-14-16-8-10-17(11-9-16)15-28(26,27)22-2;/h4-11,22H,3,12-15H2,1-2H3,(H2,23,24,25);1H. The first-order valence-corrected chi connectivity index (χ1v) is 11.2. The van der Waals surface area contributed by atoms with Crippen LogP contribution in [-0.2, 0) is 28.7 Å². The first-order valence-electron chi connectivity index (χ1n) is 9.18. The van der Waals surface area contributed by atoms with Crippen LogP contribution in [0.15, 0.2) is 53.5 Å². The minimum absolute atomic E-state index is 0. The number of hydrogen-bond donors (Lipinski definition) is 3. The number of sulfonamides is 1.